The van der Waals surface area contributed by atoms with Gasteiger partial charge in [-0.05, 0) is 112 Å². The molecule has 4 fully saturated rings. The molecule has 0 aromatic heterocycles. The van der Waals surface area contributed by atoms with E-state index in [2.05, 4.69) is 6.07 Å². The Kier molecular flexibility index (Phi) is 17.7. The Bertz CT molecular complexity index is 1270. The fourth-order valence-corrected chi connectivity index (χ4v) is 7.26. The lowest BCUT2D eigenvalue weighted by Crippen LogP contribution is -2.42. The van der Waals surface area contributed by atoms with Gasteiger partial charge in [0, 0.05) is 52.0 Å². The van der Waals surface area contributed by atoms with Crippen LogP contribution < -0.4 is 5.73 Å². The van der Waals surface area contributed by atoms with E-state index in [-0.39, 0.29) is 23.6 Å². The van der Waals surface area contributed by atoms with Crippen LogP contribution in [-0.4, -0.2) is 66.6 Å². The minimum atomic E-state index is -0.493. The Morgan fingerprint density at radius 3 is 1.81 bits per heavy atom. The highest BCUT2D eigenvalue weighted by Crippen LogP contribution is 2.42. The van der Waals surface area contributed by atoms with Gasteiger partial charge in [0.25, 0.3) is 0 Å². The Morgan fingerprint density at radius 1 is 0.787 bits per heavy atom. The van der Waals surface area contributed by atoms with Crippen molar-refractivity contribution in [2.75, 3.05) is 40.6 Å². The van der Waals surface area contributed by atoms with E-state index in [4.69, 9.17) is 78.9 Å². The van der Waals surface area contributed by atoms with Gasteiger partial charge in [-0.25, -0.2) is 0 Å². The molecule has 2 heterocycles. The van der Waals surface area contributed by atoms with Crippen LogP contribution in [0.1, 0.15) is 88.2 Å². The van der Waals surface area contributed by atoms with E-state index in [9.17, 15) is 5.26 Å². The second-order valence-corrected chi connectivity index (χ2v) is 14.3. The van der Waals surface area contributed by atoms with Gasteiger partial charge in [0.2, 0.25) is 0 Å². The second-order valence-electron chi connectivity index (χ2n) is 12.7. The molecule has 1 unspecified atom stereocenters. The van der Waals surface area contributed by atoms with E-state index < -0.39 is 5.41 Å². The third kappa shape index (κ3) is 12.1. The monoisotopic (exact) mass is 724 g/mol. The smallest absolute Gasteiger partial charge is 0.108 e. The van der Waals surface area contributed by atoms with Gasteiger partial charge in [0.15, 0.2) is 0 Å². The van der Waals surface area contributed by atoms with Crippen LogP contribution in [0.5, 0.6) is 0 Å². The van der Waals surface area contributed by atoms with Gasteiger partial charge >= 0.3 is 0 Å². The van der Waals surface area contributed by atoms with Crippen molar-refractivity contribution in [3.05, 3.63) is 67.6 Å². The highest BCUT2D eigenvalue weighted by Gasteiger charge is 2.39. The Balaban J connectivity index is 0.000000193. The molecule has 2 radical (unpaired) electrons. The molecule has 2 aliphatic heterocycles. The lowest BCUT2D eigenvalue weighted by atomic mass is 9.68. The quantitative estimate of drug-likeness (QED) is 0.310. The molecule has 6 nitrogen and oxygen atoms in total. The number of nitriles is 1. The van der Waals surface area contributed by atoms with Crippen molar-refractivity contribution in [1.82, 2.24) is 0 Å². The van der Waals surface area contributed by atoms with E-state index in [0.717, 1.165) is 89.6 Å². The van der Waals surface area contributed by atoms with Crippen LogP contribution in [0, 0.1) is 11.3 Å². The Morgan fingerprint density at radius 2 is 1.36 bits per heavy atom. The highest BCUT2D eigenvalue weighted by atomic mass is 35.5. The number of nitrogens with zero attached hydrogens (tertiary/aromatic N) is 1. The zero-order chi connectivity index (χ0) is 34.3. The Hall–Kier alpha value is -1.05. The van der Waals surface area contributed by atoms with Crippen molar-refractivity contribution in [2.24, 2.45) is 5.73 Å². The topological polar surface area (TPSA) is 86.7 Å². The number of hydrogen-bond acceptors (Lipinski definition) is 6. The van der Waals surface area contributed by atoms with Crippen LogP contribution in [0.15, 0.2) is 36.4 Å². The fraction of sp³-hybridized carbons (Fsp3) is 0.639. The lowest BCUT2D eigenvalue weighted by molar-refractivity contribution is 0.0412. The molecule has 6 rings (SSSR count). The molecule has 2 saturated heterocycles. The van der Waals surface area contributed by atoms with Gasteiger partial charge in [-0.15, -0.1) is 0 Å². The molecule has 2 aromatic rings. The zero-order valence-electron chi connectivity index (χ0n) is 27.8. The molecular weight excluding hydrogens is 677 g/mol. The van der Waals surface area contributed by atoms with Crippen LogP contribution in [0.3, 0.4) is 0 Å². The van der Waals surface area contributed by atoms with Gasteiger partial charge in [0.05, 0.1) is 43.8 Å². The third-order valence-electron chi connectivity index (χ3n) is 9.57. The predicted octanol–water partition coefficient (Wildman–Crippen LogP) is 9.21. The van der Waals surface area contributed by atoms with Crippen molar-refractivity contribution in [1.29, 1.82) is 5.26 Å². The standard InChI is InChI=1S/C14H19Cl2NO.C14H15Cl2NO.C4H7BO.C4H8O/c2*1-18-11-3-2-6-14(8-11,9-17)10-4-5-12(15)13(16)7-10;5-4-2-1-3-6-4;1-2-4-5-3-1/h4-5,7,11H,2-3,6,8-9,17H2,1H3;4-5,7,11H,2-3,6,8H2,1H3;4H,1-3H2;1-4H2/t2*11-,14-;;/m11../s1. The molecule has 5 atom stereocenters. The van der Waals surface area contributed by atoms with Crippen molar-refractivity contribution in [3.8, 4) is 6.07 Å². The number of halogens is 4. The number of rotatable bonds is 5. The fourth-order valence-electron chi connectivity index (χ4n) is 6.66. The van der Waals surface area contributed by atoms with Gasteiger partial charge in [-0.3, -0.25) is 0 Å². The summed E-state index contributed by atoms with van der Waals surface area (Å²) in [7, 11) is 8.78. The molecular formula is C36H49BCl4N2O4. The molecule has 0 amide bonds. The van der Waals surface area contributed by atoms with E-state index in [1.165, 1.54) is 18.4 Å². The highest BCUT2D eigenvalue weighted by molar-refractivity contribution is 6.42. The van der Waals surface area contributed by atoms with Gasteiger partial charge in [-0.2, -0.15) is 5.26 Å². The van der Waals surface area contributed by atoms with Crippen LogP contribution in [0.25, 0.3) is 0 Å². The summed E-state index contributed by atoms with van der Waals surface area (Å²) in [5.74, 6) is 0. The molecule has 0 bridgehead atoms. The zero-order valence-corrected chi connectivity index (χ0v) is 30.8. The summed E-state index contributed by atoms with van der Waals surface area (Å²) in [5, 5.41) is 11.8. The number of benzene rings is 2. The first-order chi connectivity index (χ1) is 22.6. The Labute approximate surface area is 303 Å². The third-order valence-corrected chi connectivity index (χ3v) is 11.1. The van der Waals surface area contributed by atoms with Crippen molar-refractivity contribution < 1.29 is 18.9 Å². The number of nitrogens with two attached hydrogens (primary N) is 1. The van der Waals surface area contributed by atoms with Crippen LogP contribution in [0.2, 0.25) is 20.1 Å². The average molecular weight is 726 g/mol. The molecule has 0 spiro atoms. The van der Waals surface area contributed by atoms with E-state index in [1.807, 2.05) is 30.3 Å². The maximum Gasteiger partial charge on any atom is 0.108 e. The summed E-state index contributed by atoms with van der Waals surface area (Å²) < 4.78 is 20.8. The first-order valence-corrected chi connectivity index (χ1v) is 18.2. The molecule has 4 aliphatic rings. The van der Waals surface area contributed by atoms with E-state index in [1.54, 1.807) is 20.3 Å². The molecule has 2 aliphatic carbocycles. The lowest BCUT2D eigenvalue weighted by Gasteiger charge is -2.40. The summed E-state index contributed by atoms with van der Waals surface area (Å²) in [4.78, 5) is 0. The minimum Gasteiger partial charge on any atom is -0.388 e. The largest absolute Gasteiger partial charge is 0.388 e. The normalized spacial score (nSPS) is 28.4. The van der Waals surface area contributed by atoms with Gasteiger partial charge in [0.1, 0.15) is 7.85 Å². The van der Waals surface area contributed by atoms with Gasteiger partial charge in [-0.1, -0.05) is 58.5 Å². The maximum absolute atomic E-state index is 9.59. The van der Waals surface area contributed by atoms with Crippen molar-refractivity contribution in [2.45, 2.75) is 106 Å². The predicted molar refractivity (Wildman–Crippen MR) is 194 cm³/mol. The molecule has 2 saturated carbocycles. The number of hydrogen-bond donors (Lipinski definition) is 1. The average Bonchev–Trinajstić information content (AvgIpc) is 3.85. The van der Waals surface area contributed by atoms with Gasteiger partial charge < -0.3 is 24.7 Å². The summed E-state index contributed by atoms with van der Waals surface area (Å²) in [6.45, 7) is 3.48. The maximum atomic E-state index is 9.59. The van der Waals surface area contributed by atoms with E-state index in [0.29, 0.717) is 26.6 Å². The number of ether oxygens (including phenoxy) is 4. The van der Waals surface area contributed by atoms with E-state index >= 15 is 0 Å². The minimum absolute atomic E-state index is 0.0207. The first kappa shape index (κ1) is 40.4. The SMILES string of the molecule is C1CCOC1.CO[C@@H]1CCC[C@@](C#N)(c2ccc(Cl)c(Cl)c2)C1.CO[C@@H]1CCC[C@@](CN)(c2ccc(Cl)c(Cl)c2)C1.[B]C1CCCO1. The van der Waals surface area contributed by atoms with Crippen LogP contribution >= 0.6 is 46.4 Å². The van der Waals surface area contributed by atoms with Crippen LogP contribution in [0.4, 0.5) is 0 Å². The first-order valence-electron chi connectivity index (χ1n) is 16.6. The molecule has 2 N–H and O–H groups in total. The summed E-state index contributed by atoms with van der Waals surface area (Å²) >= 11 is 24.1. The summed E-state index contributed by atoms with van der Waals surface area (Å²) in [5.41, 5.74) is 7.66. The summed E-state index contributed by atoms with van der Waals surface area (Å²) in [6, 6.07) is 13.8. The van der Waals surface area contributed by atoms with Crippen LogP contribution in [-0.2, 0) is 29.8 Å². The summed E-state index contributed by atoms with van der Waals surface area (Å²) in [6.07, 6.45) is 13.0. The second kappa shape index (κ2) is 20.6. The number of methoxy groups -OCH3 is 2. The molecule has 258 valence electrons. The molecule has 2 aromatic carbocycles. The van der Waals surface area contributed by atoms with Crippen molar-refractivity contribution in [3.63, 3.8) is 0 Å². The molecule has 11 heteroatoms. The molecule has 47 heavy (non-hydrogen) atoms. The van der Waals surface area contributed by atoms with Crippen molar-refractivity contribution >= 4 is 54.3 Å².